The van der Waals surface area contributed by atoms with Crippen molar-refractivity contribution in [1.29, 1.82) is 0 Å². The second-order valence-electron chi connectivity index (χ2n) is 2.96. The Hall–Kier alpha value is -0.930. The van der Waals surface area contributed by atoms with Crippen LogP contribution in [0.3, 0.4) is 0 Å². The molecule has 62 valence electrons. The van der Waals surface area contributed by atoms with E-state index in [1.807, 2.05) is 6.92 Å². The van der Waals surface area contributed by atoms with Crippen molar-refractivity contribution < 1.29 is 9.53 Å². The van der Waals surface area contributed by atoms with Crippen LogP contribution in [-0.4, -0.2) is 25.2 Å². The van der Waals surface area contributed by atoms with Gasteiger partial charge in [0.15, 0.2) is 5.54 Å². The number of carbonyl (C=O) groups excluding carboxylic acids is 1. The average Bonchev–Trinajstić information content (AvgIpc) is 2.32. The van der Waals surface area contributed by atoms with E-state index in [9.17, 15) is 4.79 Å². The van der Waals surface area contributed by atoms with Crippen LogP contribution < -0.4 is 0 Å². The van der Waals surface area contributed by atoms with Gasteiger partial charge in [0.1, 0.15) is 0 Å². The molecule has 0 aromatic rings. The molecule has 1 heterocycles. The number of azo groups is 1. The lowest BCUT2D eigenvalue weighted by Gasteiger charge is -2.20. The molecule has 0 saturated heterocycles. The Morgan fingerprint density at radius 3 is 2.73 bits per heavy atom. The second kappa shape index (κ2) is 2.60. The van der Waals surface area contributed by atoms with Crippen LogP contribution in [0.25, 0.3) is 0 Å². The highest BCUT2D eigenvalue weighted by Crippen LogP contribution is 2.29. The molecule has 0 amide bonds. The number of nitrogens with zero attached hydrogens (tertiary/aromatic N) is 2. The van der Waals surface area contributed by atoms with Gasteiger partial charge in [-0.3, -0.25) is 0 Å². The van der Waals surface area contributed by atoms with Crippen LogP contribution in [0.4, 0.5) is 0 Å². The molecule has 1 aliphatic rings. The number of ether oxygens (including phenoxy) is 1. The molecule has 0 aromatic heterocycles. The van der Waals surface area contributed by atoms with E-state index in [0.717, 1.165) is 0 Å². The summed E-state index contributed by atoms with van der Waals surface area (Å²) < 4.78 is 4.61. The van der Waals surface area contributed by atoms with E-state index in [-0.39, 0.29) is 11.9 Å². The van der Waals surface area contributed by atoms with Crippen molar-refractivity contribution in [2.24, 2.45) is 16.1 Å². The number of rotatable bonds is 1. The van der Waals surface area contributed by atoms with Gasteiger partial charge in [-0.25, -0.2) is 4.79 Å². The van der Waals surface area contributed by atoms with Crippen molar-refractivity contribution in [2.75, 3.05) is 13.7 Å². The molecule has 11 heavy (non-hydrogen) atoms. The van der Waals surface area contributed by atoms with Crippen molar-refractivity contribution >= 4 is 5.97 Å². The molecule has 4 nitrogen and oxygen atoms in total. The van der Waals surface area contributed by atoms with Crippen LogP contribution in [0.5, 0.6) is 0 Å². The summed E-state index contributed by atoms with van der Waals surface area (Å²) in [5.74, 6) is -0.152. The number of hydrogen-bond donors (Lipinski definition) is 0. The number of methoxy groups -OCH3 is 1. The monoisotopic (exact) mass is 156 g/mol. The molecule has 2 atom stereocenters. The summed E-state index contributed by atoms with van der Waals surface area (Å²) in [6, 6.07) is 0. The molecule has 0 bridgehead atoms. The summed E-state index contributed by atoms with van der Waals surface area (Å²) >= 11 is 0. The van der Waals surface area contributed by atoms with Crippen LogP contribution in [0, 0.1) is 5.92 Å². The Balaban J connectivity index is 2.80. The predicted octanol–water partition coefficient (Wildman–Crippen LogP) is 1.02. The fourth-order valence-electron chi connectivity index (χ4n) is 1.04. The summed E-state index contributed by atoms with van der Waals surface area (Å²) in [4.78, 5) is 11.2. The van der Waals surface area contributed by atoms with Gasteiger partial charge in [0.25, 0.3) is 0 Å². The summed E-state index contributed by atoms with van der Waals surface area (Å²) in [6.07, 6.45) is 0. The first kappa shape index (κ1) is 8.17. The van der Waals surface area contributed by atoms with Gasteiger partial charge in [0.2, 0.25) is 0 Å². The maximum atomic E-state index is 11.2. The molecule has 0 fully saturated rings. The zero-order valence-corrected chi connectivity index (χ0v) is 7.00. The zero-order valence-electron chi connectivity index (χ0n) is 7.00. The Bertz CT molecular complexity index is 203. The quantitative estimate of drug-likeness (QED) is 0.532. The van der Waals surface area contributed by atoms with E-state index >= 15 is 0 Å². The molecule has 0 aliphatic carbocycles. The first-order valence-electron chi connectivity index (χ1n) is 3.58. The topological polar surface area (TPSA) is 51.0 Å². The molecular weight excluding hydrogens is 144 g/mol. The Kier molecular flexibility index (Phi) is 1.93. The van der Waals surface area contributed by atoms with Gasteiger partial charge in [-0.15, -0.1) is 0 Å². The van der Waals surface area contributed by atoms with Gasteiger partial charge >= 0.3 is 5.97 Å². The second-order valence-corrected chi connectivity index (χ2v) is 2.96. The van der Waals surface area contributed by atoms with E-state index in [4.69, 9.17) is 0 Å². The van der Waals surface area contributed by atoms with Crippen molar-refractivity contribution in [1.82, 2.24) is 0 Å². The molecule has 0 saturated carbocycles. The number of hydrogen-bond acceptors (Lipinski definition) is 4. The summed E-state index contributed by atoms with van der Waals surface area (Å²) in [6.45, 7) is 4.31. The zero-order chi connectivity index (χ0) is 8.48. The highest BCUT2D eigenvalue weighted by molar-refractivity contribution is 5.81. The Morgan fingerprint density at radius 1 is 1.73 bits per heavy atom. The normalized spacial score (nSPS) is 35.7. The van der Waals surface area contributed by atoms with Crippen LogP contribution in [-0.2, 0) is 9.53 Å². The van der Waals surface area contributed by atoms with Crippen molar-refractivity contribution in [3.63, 3.8) is 0 Å². The molecule has 0 radical (unpaired) electrons. The van der Waals surface area contributed by atoms with E-state index in [1.54, 1.807) is 6.92 Å². The molecule has 0 aromatic carbocycles. The molecular formula is C7H12N2O2. The summed E-state index contributed by atoms with van der Waals surface area (Å²) in [5.41, 5.74) is -0.741. The highest BCUT2D eigenvalue weighted by atomic mass is 16.5. The van der Waals surface area contributed by atoms with Crippen molar-refractivity contribution in [3.8, 4) is 0 Å². The third-order valence-electron chi connectivity index (χ3n) is 2.19. The largest absolute Gasteiger partial charge is 0.467 e. The lowest BCUT2D eigenvalue weighted by molar-refractivity contribution is -0.147. The molecule has 1 aliphatic heterocycles. The predicted molar refractivity (Wildman–Crippen MR) is 39.3 cm³/mol. The molecule has 0 unspecified atom stereocenters. The van der Waals surface area contributed by atoms with Gasteiger partial charge in [-0.05, 0) is 6.92 Å². The van der Waals surface area contributed by atoms with E-state index in [1.165, 1.54) is 7.11 Å². The minimum atomic E-state index is -0.741. The molecule has 0 spiro atoms. The third kappa shape index (κ3) is 1.13. The lowest BCUT2D eigenvalue weighted by atomic mass is 9.89. The highest BCUT2D eigenvalue weighted by Gasteiger charge is 2.43. The summed E-state index contributed by atoms with van der Waals surface area (Å²) in [5, 5.41) is 7.68. The first-order chi connectivity index (χ1) is 5.11. The third-order valence-corrected chi connectivity index (χ3v) is 2.19. The van der Waals surface area contributed by atoms with Crippen LogP contribution in [0.2, 0.25) is 0 Å². The van der Waals surface area contributed by atoms with E-state index < -0.39 is 5.54 Å². The standard InChI is InChI=1S/C7H12N2O2/c1-5-4-8-9-7(5,2)6(10)11-3/h5H,4H2,1-3H3/t5-,7-/m0/s1. The maximum Gasteiger partial charge on any atom is 0.335 e. The van der Waals surface area contributed by atoms with Crippen molar-refractivity contribution in [2.45, 2.75) is 19.4 Å². The average molecular weight is 156 g/mol. The van der Waals surface area contributed by atoms with Gasteiger partial charge in [-0.1, -0.05) is 6.92 Å². The number of esters is 1. The molecule has 4 heteroatoms. The Morgan fingerprint density at radius 2 is 2.36 bits per heavy atom. The number of carbonyl (C=O) groups is 1. The van der Waals surface area contributed by atoms with Crippen molar-refractivity contribution in [3.05, 3.63) is 0 Å². The van der Waals surface area contributed by atoms with Gasteiger partial charge < -0.3 is 4.74 Å². The minimum Gasteiger partial charge on any atom is -0.467 e. The van der Waals surface area contributed by atoms with E-state index in [0.29, 0.717) is 6.54 Å². The fraction of sp³-hybridized carbons (Fsp3) is 0.857. The first-order valence-corrected chi connectivity index (χ1v) is 3.58. The van der Waals surface area contributed by atoms with Crippen LogP contribution in [0.1, 0.15) is 13.8 Å². The molecule has 0 N–H and O–H groups in total. The molecule has 1 rings (SSSR count). The van der Waals surface area contributed by atoms with E-state index in [2.05, 4.69) is 15.0 Å². The maximum absolute atomic E-state index is 11.2. The van der Waals surface area contributed by atoms with Crippen LogP contribution >= 0.6 is 0 Å². The van der Waals surface area contributed by atoms with Gasteiger partial charge in [-0.2, -0.15) is 10.2 Å². The fourth-order valence-corrected chi connectivity index (χ4v) is 1.04. The minimum absolute atomic E-state index is 0.148. The SMILES string of the molecule is COC(=O)[C@@]1(C)N=NC[C@@H]1C. The lowest BCUT2D eigenvalue weighted by Crippen LogP contribution is -2.38. The Labute approximate surface area is 65.6 Å². The summed E-state index contributed by atoms with van der Waals surface area (Å²) in [7, 11) is 1.37. The van der Waals surface area contributed by atoms with Gasteiger partial charge in [0.05, 0.1) is 13.7 Å². The van der Waals surface area contributed by atoms with Crippen LogP contribution in [0.15, 0.2) is 10.2 Å². The van der Waals surface area contributed by atoms with Gasteiger partial charge in [0, 0.05) is 5.92 Å². The smallest absolute Gasteiger partial charge is 0.335 e.